The van der Waals surface area contributed by atoms with Crippen molar-refractivity contribution in [2.75, 3.05) is 0 Å². The first-order chi connectivity index (χ1) is 8.90. The van der Waals surface area contributed by atoms with Crippen LogP contribution in [0.1, 0.15) is 26.8 Å². The second-order valence-corrected chi connectivity index (χ2v) is 6.10. The number of nitrogens with zero attached hydrogens (tertiary/aromatic N) is 1. The van der Waals surface area contributed by atoms with E-state index >= 15 is 0 Å². The number of benzene rings is 1. The second-order valence-electron chi connectivity index (χ2n) is 4.80. The molecule has 1 amide bonds. The highest BCUT2D eigenvalue weighted by molar-refractivity contribution is 9.10. The second kappa shape index (κ2) is 5.46. The number of H-pyrrole nitrogens is 1. The first-order valence-corrected chi connectivity index (χ1v) is 7.30. The molecule has 1 heterocycles. The highest BCUT2D eigenvalue weighted by Gasteiger charge is 2.19. The van der Waals surface area contributed by atoms with Crippen molar-refractivity contribution in [3.63, 3.8) is 0 Å². The number of aromatic nitrogens is 2. The molecule has 0 saturated carbocycles. The van der Waals surface area contributed by atoms with Crippen LogP contribution in [-0.4, -0.2) is 21.5 Å². The van der Waals surface area contributed by atoms with E-state index in [1.165, 1.54) is 0 Å². The van der Waals surface area contributed by atoms with Gasteiger partial charge < -0.3 is 14.9 Å². The van der Waals surface area contributed by atoms with Gasteiger partial charge in [-0.05, 0) is 51.2 Å². The molecule has 0 aliphatic carbocycles. The monoisotopic (exact) mass is 341 g/mol. The summed E-state index contributed by atoms with van der Waals surface area (Å²) in [5, 5.41) is 2.91. The number of halogens is 1. The Labute approximate surface area is 125 Å². The molecule has 4 nitrogen and oxygen atoms in total. The minimum atomic E-state index is -0.349. The molecule has 6 heteroatoms. The topological polar surface area (TPSA) is 49.8 Å². The number of nitrogens with one attached hydrogen (secondary N) is 2. The summed E-state index contributed by atoms with van der Waals surface area (Å²) in [4.78, 5) is 15.2. The van der Waals surface area contributed by atoms with Gasteiger partial charge in [0.25, 0.3) is 0 Å². The molecule has 1 aromatic heterocycles. The number of carbonyl (C=O) groups is 1. The van der Waals surface area contributed by atoms with Crippen LogP contribution in [0.5, 0.6) is 0 Å². The smallest absolute Gasteiger partial charge is 0.243 e. The predicted octanol–water partition coefficient (Wildman–Crippen LogP) is 3.55. The maximum absolute atomic E-state index is 12.1. The van der Waals surface area contributed by atoms with Gasteiger partial charge in [0.15, 0.2) is 4.77 Å². The third-order valence-corrected chi connectivity index (χ3v) is 3.67. The fourth-order valence-corrected chi connectivity index (χ4v) is 2.72. The van der Waals surface area contributed by atoms with Crippen LogP contribution in [-0.2, 0) is 4.79 Å². The minimum absolute atomic E-state index is 0.0352. The van der Waals surface area contributed by atoms with Gasteiger partial charge >= 0.3 is 0 Å². The molecule has 0 aliphatic rings. The quantitative estimate of drug-likeness (QED) is 0.838. The molecule has 1 unspecified atom stereocenters. The van der Waals surface area contributed by atoms with E-state index in [4.69, 9.17) is 12.2 Å². The Hall–Kier alpha value is -1.14. The molecule has 102 valence electrons. The molecular formula is C13H16BrN3OS. The SMILES string of the molecule is CC(C)NC(=O)C(C)n1c(=S)[nH]c2ccc(Br)cc21. The summed E-state index contributed by atoms with van der Waals surface area (Å²) < 4.78 is 3.35. The van der Waals surface area contributed by atoms with E-state index in [9.17, 15) is 4.79 Å². The highest BCUT2D eigenvalue weighted by atomic mass is 79.9. The average molecular weight is 342 g/mol. The molecule has 0 spiro atoms. The van der Waals surface area contributed by atoms with Crippen molar-refractivity contribution in [3.8, 4) is 0 Å². The standard InChI is InChI=1S/C13H16BrN3OS/c1-7(2)15-12(18)8(3)17-11-6-9(14)4-5-10(11)16-13(17)19/h4-8H,1-3H3,(H,15,18)(H,16,19). The van der Waals surface area contributed by atoms with Crippen LogP contribution in [0.4, 0.5) is 0 Å². The molecule has 0 aliphatic heterocycles. The van der Waals surface area contributed by atoms with Crippen LogP contribution >= 0.6 is 28.1 Å². The minimum Gasteiger partial charge on any atom is -0.352 e. The number of rotatable bonds is 3. The predicted molar refractivity (Wildman–Crippen MR) is 82.8 cm³/mol. The Morgan fingerprint density at radius 1 is 1.42 bits per heavy atom. The number of carbonyl (C=O) groups excluding carboxylic acids is 1. The number of amides is 1. The Morgan fingerprint density at radius 3 is 2.74 bits per heavy atom. The zero-order chi connectivity index (χ0) is 14.2. The van der Waals surface area contributed by atoms with Gasteiger partial charge in [0.1, 0.15) is 6.04 Å². The van der Waals surface area contributed by atoms with Crippen molar-refractivity contribution in [1.29, 1.82) is 0 Å². The zero-order valence-electron chi connectivity index (χ0n) is 11.0. The Kier molecular flexibility index (Phi) is 4.10. The zero-order valence-corrected chi connectivity index (χ0v) is 13.4. The maximum atomic E-state index is 12.1. The van der Waals surface area contributed by atoms with E-state index in [1.54, 1.807) is 0 Å². The van der Waals surface area contributed by atoms with Crippen LogP contribution in [0.25, 0.3) is 11.0 Å². The van der Waals surface area contributed by atoms with Gasteiger partial charge in [-0.1, -0.05) is 15.9 Å². The van der Waals surface area contributed by atoms with Crippen molar-refractivity contribution >= 4 is 45.1 Å². The Bertz CT molecular complexity index is 674. The lowest BCUT2D eigenvalue weighted by Gasteiger charge is -2.16. The summed E-state index contributed by atoms with van der Waals surface area (Å²) in [6.45, 7) is 5.73. The summed E-state index contributed by atoms with van der Waals surface area (Å²) in [6.07, 6.45) is 0. The van der Waals surface area contributed by atoms with Gasteiger partial charge in [0, 0.05) is 10.5 Å². The number of hydrogen-bond donors (Lipinski definition) is 2. The number of aromatic amines is 1. The first-order valence-electron chi connectivity index (χ1n) is 6.10. The van der Waals surface area contributed by atoms with Crippen LogP contribution in [0.3, 0.4) is 0 Å². The lowest BCUT2D eigenvalue weighted by molar-refractivity contribution is -0.124. The molecular weight excluding hydrogens is 326 g/mol. The van der Waals surface area contributed by atoms with E-state index in [0.717, 1.165) is 15.5 Å². The van der Waals surface area contributed by atoms with Crippen LogP contribution < -0.4 is 5.32 Å². The van der Waals surface area contributed by atoms with E-state index in [-0.39, 0.29) is 18.0 Å². The third-order valence-electron chi connectivity index (χ3n) is 2.88. The first kappa shape index (κ1) is 14.3. The van der Waals surface area contributed by atoms with Gasteiger partial charge in [-0.2, -0.15) is 0 Å². The lowest BCUT2D eigenvalue weighted by Crippen LogP contribution is -2.35. The van der Waals surface area contributed by atoms with Gasteiger partial charge in [0.2, 0.25) is 5.91 Å². The average Bonchev–Trinajstić information content (AvgIpc) is 2.62. The van der Waals surface area contributed by atoms with E-state index in [2.05, 4.69) is 26.2 Å². The molecule has 2 aromatic rings. The maximum Gasteiger partial charge on any atom is 0.243 e. The molecule has 0 saturated heterocycles. The summed E-state index contributed by atoms with van der Waals surface area (Å²) in [5.41, 5.74) is 1.85. The van der Waals surface area contributed by atoms with Crippen molar-refractivity contribution < 1.29 is 4.79 Å². The summed E-state index contributed by atoms with van der Waals surface area (Å²) >= 11 is 8.76. The van der Waals surface area contributed by atoms with Crippen LogP contribution in [0.15, 0.2) is 22.7 Å². The molecule has 2 rings (SSSR count). The Balaban J connectivity index is 2.49. The van der Waals surface area contributed by atoms with E-state index < -0.39 is 0 Å². The van der Waals surface area contributed by atoms with Crippen molar-refractivity contribution in [3.05, 3.63) is 27.4 Å². The third kappa shape index (κ3) is 2.90. The van der Waals surface area contributed by atoms with Crippen LogP contribution in [0.2, 0.25) is 0 Å². The fourth-order valence-electron chi connectivity index (χ4n) is 2.00. The molecule has 1 atom stereocenters. The Morgan fingerprint density at radius 2 is 2.11 bits per heavy atom. The summed E-state index contributed by atoms with van der Waals surface area (Å²) in [7, 11) is 0. The van der Waals surface area contributed by atoms with Crippen molar-refractivity contribution in [1.82, 2.24) is 14.9 Å². The molecule has 0 fully saturated rings. The van der Waals surface area contributed by atoms with Gasteiger partial charge in [0.05, 0.1) is 11.0 Å². The number of hydrogen-bond acceptors (Lipinski definition) is 2. The number of imidazole rings is 1. The van der Waals surface area contributed by atoms with Crippen molar-refractivity contribution in [2.24, 2.45) is 0 Å². The molecule has 0 bridgehead atoms. The summed E-state index contributed by atoms with van der Waals surface area (Å²) in [6, 6.07) is 5.61. The van der Waals surface area contributed by atoms with Gasteiger partial charge in [-0.3, -0.25) is 4.79 Å². The lowest BCUT2D eigenvalue weighted by atomic mass is 10.2. The largest absolute Gasteiger partial charge is 0.352 e. The number of fused-ring (bicyclic) bond motifs is 1. The molecule has 2 N–H and O–H groups in total. The highest BCUT2D eigenvalue weighted by Crippen LogP contribution is 2.23. The van der Waals surface area contributed by atoms with Crippen molar-refractivity contribution in [2.45, 2.75) is 32.9 Å². The van der Waals surface area contributed by atoms with E-state index in [1.807, 2.05) is 43.5 Å². The molecule has 0 radical (unpaired) electrons. The van der Waals surface area contributed by atoms with E-state index in [0.29, 0.717) is 4.77 Å². The van der Waals surface area contributed by atoms with Gasteiger partial charge in [-0.15, -0.1) is 0 Å². The fraction of sp³-hybridized carbons (Fsp3) is 0.385. The van der Waals surface area contributed by atoms with Gasteiger partial charge in [-0.25, -0.2) is 0 Å². The van der Waals surface area contributed by atoms with Crippen LogP contribution in [0, 0.1) is 4.77 Å². The molecule has 19 heavy (non-hydrogen) atoms. The molecule has 1 aromatic carbocycles. The summed E-state index contributed by atoms with van der Waals surface area (Å²) in [5.74, 6) is -0.0352. The normalized spacial score (nSPS) is 12.9.